The van der Waals surface area contributed by atoms with E-state index in [4.69, 9.17) is 0 Å². The van der Waals surface area contributed by atoms with Crippen molar-refractivity contribution in [2.24, 2.45) is 29.1 Å². The molecule has 4 bridgehead atoms. The van der Waals surface area contributed by atoms with E-state index in [0.717, 1.165) is 82.3 Å². The predicted molar refractivity (Wildman–Crippen MR) is 128 cm³/mol. The summed E-state index contributed by atoms with van der Waals surface area (Å²) in [5.41, 5.74) is 1.86. The normalized spacial score (nSPS) is 37.2. The Morgan fingerprint density at radius 1 is 1.06 bits per heavy atom. The molecule has 3 atom stereocenters. The van der Waals surface area contributed by atoms with Gasteiger partial charge in [0.1, 0.15) is 0 Å². The van der Waals surface area contributed by atoms with E-state index >= 15 is 0 Å². The summed E-state index contributed by atoms with van der Waals surface area (Å²) in [6, 6.07) is 8.47. The number of nitrogens with zero attached hydrogens (tertiary/aromatic N) is 2. The Hall–Kier alpha value is -2.08. The molecule has 6 heteroatoms. The summed E-state index contributed by atoms with van der Waals surface area (Å²) in [6.07, 6.45) is 8.93. The molecule has 2 amide bonds. The van der Waals surface area contributed by atoms with Gasteiger partial charge >= 0.3 is 0 Å². The summed E-state index contributed by atoms with van der Waals surface area (Å²) < 4.78 is 0. The molecule has 1 aromatic carbocycles. The van der Waals surface area contributed by atoms with Crippen LogP contribution in [-0.2, 0) is 9.59 Å². The molecule has 2 N–H and O–H groups in total. The molecular weight excluding hydrogens is 414 g/mol. The number of hydrogen-bond acceptors (Lipinski definition) is 4. The van der Waals surface area contributed by atoms with Crippen molar-refractivity contribution >= 4 is 23.2 Å². The Labute approximate surface area is 196 Å². The van der Waals surface area contributed by atoms with Crippen molar-refractivity contribution in [1.29, 1.82) is 0 Å². The van der Waals surface area contributed by atoms with Gasteiger partial charge in [-0.05, 0) is 99.8 Å². The van der Waals surface area contributed by atoms with Gasteiger partial charge in [0.25, 0.3) is 0 Å². The molecule has 1 heterocycles. The Morgan fingerprint density at radius 2 is 1.76 bits per heavy atom. The lowest BCUT2D eigenvalue weighted by Gasteiger charge is -2.58. The van der Waals surface area contributed by atoms with Crippen LogP contribution in [0.4, 0.5) is 11.4 Å². The smallest absolute Gasteiger partial charge is 0.229 e. The third-order valence-electron chi connectivity index (χ3n) is 9.32. The van der Waals surface area contributed by atoms with Crippen LogP contribution < -0.4 is 15.1 Å². The molecule has 0 aromatic heterocycles. The summed E-state index contributed by atoms with van der Waals surface area (Å²) in [7, 11) is 1.87. The molecule has 0 spiro atoms. The van der Waals surface area contributed by atoms with E-state index in [1.165, 1.54) is 0 Å². The first-order valence-corrected chi connectivity index (χ1v) is 13.0. The van der Waals surface area contributed by atoms with Crippen molar-refractivity contribution in [3.8, 4) is 0 Å². The molecule has 0 radical (unpaired) electrons. The number of aliphatic hydroxyl groups excluding tert-OH is 1. The number of carbonyl (C=O) groups excluding carboxylic acids is 2. The van der Waals surface area contributed by atoms with Crippen LogP contribution in [0.3, 0.4) is 0 Å². The van der Waals surface area contributed by atoms with Crippen LogP contribution in [-0.4, -0.2) is 49.2 Å². The summed E-state index contributed by atoms with van der Waals surface area (Å²) in [5.74, 6) is 1.97. The molecule has 2 unspecified atom stereocenters. The third kappa shape index (κ3) is 3.84. The van der Waals surface area contributed by atoms with Gasteiger partial charge in [-0.1, -0.05) is 0 Å². The average molecular weight is 452 g/mol. The van der Waals surface area contributed by atoms with Gasteiger partial charge < -0.3 is 20.2 Å². The molecule has 6 aliphatic rings. The van der Waals surface area contributed by atoms with Crippen LogP contribution in [0.5, 0.6) is 0 Å². The monoisotopic (exact) mass is 451 g/mol. The maximum atomic E-state index is 13.5. The molecule has 7 rings (SSSR count). The second-order valence-corrected chi connectivity index (χ2v) is 11.7. The average Bonchev–Trinajstić information content (AvgIpc) is 3.67. The number of amides is 2. The van der Waals surface area contributed by atoms with E-state index in [0.29, 0.717) is 17.8 Å². The Balaban J connectivity index is 1.09. The zero-order valence-electron chi connectivity index (χ0n) is 19.7. The molecule has 178 valence electrons. The number of anilines is 2. The van der Waals surface area contributed by atoms with Crippen LogP contribution in [0.15, 0.2) is 24.3 Å². The largest absolute Gasteiger partial charge is 0.393 e. The van der Waals surface area contributed by atoms with Gasteiger partial charge in [0, 0.05) is 43.5 Å². The summed E-state index contributed by atoms with van der Waals surface area (Å²) in [6.45, 7) is 1.82. The highest BCUT2D eigenvalue weighted by Crippen LogP contribution is 2.60. The number of nitrogens with one attached hydrogen (secondary N) is 1. The topological polar surface area (TPSA) is 72.9 Å². The van der Waals surface area contributed by atoms with Gasteiger partial charge in [0.05, 0.1) is 11.5 Å². The van der Waals surface area contributed by atoms with Crippen molar-refractivity contribution in [3.63, 3.8) is 0 Å². The number of hydrogen-bond donors (Lipinski definition) is 2. The zero-order chi connectivity index (χ0) is 22.7. The maximum Gasteiger partial charge on any atom is 0.229 e. The fraction of sp³-hybridized carbons (Fsp3) is 0.704. The van der Waals surface area contributed by atoms with Crippen LogP contribution in [0, 0.1) is 29.1 Å². The lowest BCUT2D eigenvalue weighted by atomic mass is 9.48. The van der Waals surface area contributed by atoms with Gasteiger partial charge in [-0.3, -0.25) is 9.59 Å². The number of benzene rings is 1. The van der Waals surface area contributed by atoms with Crippen LogP contribution in [0.2, 0.25) is 0 Å². The highest BCUT2D eigenvalue weighted by Gasteiger charge is 2.58. The number of aliphatic hydroxyl groups is 1. The molecule has 1 aromatic rings. The van der Waals surface area contributed by atoms with Crippen LogP contribution in [0.25, 0.3) is 0 Å². The SMILES string of the molecule is CN(C(=O)C1CC1)c1ccc(N2CCC[C@H](NC(=O)C34CC5CC(C3)C(O)C(C5)C4)C2)cc1. The molecular formula is C27H37N3O3. The minimum Gasteiger partial charge on any atom is -0.393 e. The van der Waals surface area contributed by atoms with Crippen molar-refractivity contribution in [3.05, 3.63) is 24.3 Å². The summed E-state index contributed by atoms with van der Waals surface area (Å²) in [4.78, 5) is 30.0. The zero-order valence-corrected chi connectivity index (χ0v) is 19.7. The maximum absolute atomic E-state index is 13.5. The lowest BCUT2D eigenvalue weighted by molar-refractivity contribution is -0.163. The van der Waals surface area contributed by atoms with Crippen LogP contribution >= 0.6 is 0 Å². The third-order valence-corrected chi connectivity index (χ3v) is 9.32. The Morgan fingerprint density at radius 3 is 2.42 bits per heavy atom. The van der Waals surface area contributed by atoms with Crippen molar-refractivity contribution in [2.75, 3.05) is 29.9 Å². The number of rotatable bonds is 5. The molecule has 33 heavy (non-hydrogen) atoms. The van der Waals surface area contributed by atoms with Crippen molar-refractivity contribution in [2.45, 2.75) is 69.9 Å². The second kappa shape index (κ2) is 8.00. The molecule has 5 saturated carbocycles. The van der Waals surface area contributed by atoms with E-state index in [-0.39, 0.29) is 35.3 Å². The van der Waals surface area contributed by atoms with E-state index in [2.05, 4.69) is 22.3 Å². The first-order valence-electron chi connectivity index (χ1n) is 13.0. The van der Waals surface area contributed by atoms with Gasteiger partial charge in [-0.15, -0.1) is 0 Å². The van der Waals surface area contributed by atoms with Crippen LogP contribution in [0.1, 0.15) is 57.8 Å². The van der Waals surface area contributed by atoms with Gasteiger partial charge in [0.15, 0.2) is 0 Å². The van der Waals surface area contributed by atoms with E-state index in [1.54, 1.807) is 4.90 Å². The van der Waals surface area contributed by atoms with Crippen molar-refractivity contribution < 1.29 is 14.7 Å². The molecule has 1 saturated heterocycles. The number of piperidine rings is 1. The minimum absolute atomic E-state index is 0.169. The summed E-state index contributed by atoms with van der Waals surface area (Å²) >= 11 is 0. The van der Waals surface area contributed by atoms with E-state index < -0.39 is 0 Å². The minimum atomic E-state index is -0.238. The number of carbonyl (C=O) groups is 2. The predicted octanol–water partition coefficient (Wildman–Crippen LogP) is 3.33. The highest BCUT2D eigenvalue weighted by molar-refractivity contribution is 5.96. The van der Waals surface area contributed by atoms with E-state index in [1.807, 2.05) is 19.2 Å². The fourth-order valence-electron chi connectivity index (χ4n) is 7.56. The molecule has 5 aliphatic carbocycles. The summed E-state index contributed by atoms with van der Waals surface area (Å²) in [5, 5.41) is 14.0. The first kappa shape index (κ1) is 21.5. The van der Waals surface area contributed by atoms with E-state index in [9.17, 15) is 14.7 Å². The quantitative estimate of drug-likeness (QED) is 0.720. The fourth-order valence-corrected chi connectivity index (χ4v) is 7.56. The highest BCUT2D eigenvalue weighted by atomic mass is 16.3. The standard InChI is InChI=1S/C27H37N3O3/c1-29(25(32)18-4-5-18)22-6-8-23(9-7-22)30-10-2-3-21(16-30)28-26(33)27-13-17-11-19(14-27)24(31)20(12-17)15-27/h6-9,17-21,24,31H,2-5,10-16H2,1H3,(H,28,33)/t17?,19?,20?,21-,24?,27?/m0/s1. The second-order valence-electron chi connectivity index (χ2n) is 11.7. The molecule has 6 nitrogen and oxygen atoms in total. The van der Waals surface area contributed by atoms with Crippen molar-refractivity contribution in [1.82, 2.24) is 5.32 Å². The Kier molecular flexibility index (Phi) is 5.20. The molecule has 1 aliphatic heterocycles. The van der Waals surface area contributed by atoms with Gasteiger partial charge in [0.2, 0.25) is 11.8 Å². The van der Waals surface area contributed by atoms with Gasteiger partial charge in [-0.2, -0.15) is 0 Å². The molecule has 6 fully saturated rings. The Bertz CT molecular complexity index is 911. The lowest BCUT2D eigenvalue weighted by Crippen LogP contribution is -2.60. The first-order chi connectivity index (χ1) is 15.9. The van der Waals surface area contributed by atoms with Gasteiger partial charge in [-0.25, -0.2) is 0 Å².